The van der Waals surface area contributed by atoms with E-state index in [4.69, 9.17) is 0 Å². The normalized spacial score (nSPS) is 46.9. The van der Waals surface area contributed by atoms with Crippen molar-refractivity contribution in [2.75, 3.05) is 0 Å². The minimum atomic E-state index is -0.670. The van der Waals surface area contributed by atoms with Crippen LogP contribution in [-0.4, -0.2) is 39.9 Å². The summed E-state index contributed by atoms with van der Waals surface area (Å²) in [5, 5.41) is 33.0. The fourth-order valence-corrected chi connectivity index (χ4v) is 9.55. The van der Waals surface area contributed by atoms with Gasteiger partial charge in [0.05, 0.1) is 18.3 Å². The van der Waals surface area contributed by atoms with Crippen LogP contribution in [0.2, 0.25) is 0 Å². The van der Waals surface area contributed by atoms with Gasteiger partial charge in [0, 0.05) is 16.7 Å². The largest absolute Gasteiger partial charge is 0.392 e. The zero-order valence-corrected chi connectivity index (χ0v) is 22.5. The number of rotatable bonds is 5. The molecular weight excluding hydrogens is 424 g/mol. The monoisotopic (exact) mass is 472 g/mol. The molecule has 10 atom stereocenters. The van der Waals surface area contributed by atoms with Crippen molar-refractivity contribution in [3.63, 3.8) is 0 Å². The van der Waals surface area contributed by atoms with Gasteiger partial charge < -0.3 is 20.1 Å². The molecule has 0 aromatic carbocycles. The molecule has 192 valence electrons. The molecule has 10 unspecified atom stereocenters. The van der Waals surface area contributed by atoms with Crippen LogP contribution in [0.4, 0.5) is 0 Å². The Hall–Kier alpha value is -0.970. The lowest BCUT2D eigenvalue weighted by molar-refractivity contribution is -0.183. The van der Waals surface area contributed by atoms with Crippen LogP contribution in [0.15, 0.2) is 23.3 Å². The predicted molar refractivity (Wildman–Crippen MR) is 136 cm³/mol. The fraction of sp³-hybridized carbons (Fsp3) is 0.833. The molecule has 0 aliphatic heterocycles. The Kier molecular flexibility index (Phi) is 6.57. The molecule has 4 aliphatic rings. The van der Waals surface area contributed by atoms with E-state index in [-0.39, 0.29) is 22.7 Å². The van der Waals surface area contributed by atoms with Crippen LogP contribution < -0.4 is 0 Å². The van der Waals surface area contributed by atoms with E-state index in [0.717, 1.165) is 49.7 Å². The number of aliphatic hydroxyl groups is 3. The number of carbonyl (C=O) groups excluding carboxylic acids is 1. The van der Waals surface area contributed by atoms with E-state index >= 15 is 0 Å². The van der Waals surface area contributed by atoms with Crippen LogP contribution >= 0.6 is 0 Å². The Bertz CT molecular complexity index is 869. The van der Waals surface area contributed by atoms with Gasteiger partial charge in [-0.2, -0.15) is 0 Å². The van der Waals surface area contributed by atoms with Crippen molar-refractivity contribution in [2.24, 2.45) is 45.3 Å². The van der Waals surface area contributed by atoms with Crippen LogP contribution in [-0.2, 0) is 4.79 Å². The van der Waals surface area contributed by atoms with Crippen molar-refractivity contribution in [2.45, 2.75) is 112 Å². The molecule has 34 heavy (non-hydrogen) atoms. The molecule has 0 saturated heterocycles. The molecule has 4 aliphatic carbocycles. The standard InChI is InChI=1S/C30H48O4/c1-18(2)14-20(32)15-19(3)21-10-11-29(7)26-24(33)16-23-22(8-9-25(34)27(23,4)5)30(26,17-31)13-12-28(21,29)6/h14,16-17,19-22,24-26,32-34H,8-13,15H2,1-7H3. The number of aliphatic hydroxyl groups excluding tert-OH is 3. The SMILES string of the molecule is CC(C)=CC(O)CC(C)C1CCC2(C)C3C(O)C=C4C(CCC(O)C4(C)C)C3(C=O)CCC12C. The van der Waals surface area contributed by atoms with Crippen LogP contribution in [0.5, 0.6) is 0 Å². The topological polar surface area (TPSA) is 77.8 Å². The summed E-state index contributed by atoms with van der Waals surface area (Å²) in [6.45, 7) is 15.2. The van der Waals surface area contributed by atoms with Gasteiger partial charge in [0.25, 0.3) is 0 Å². The average molecular weight is 473 g/mol. The van der Waals surface area contributed by atoms with E-state index in [2.05, 4.69) is 34.6 Å². The van der Waals surface area contributed by atoms with E-state index in [9.17, 15) is 20.1 Å². The number of fused-ring (bicyclic) bond motifs is 5. The van der Waals surface area contributed by atoms with Crippen LogP contribution in [0.25, 0.3) is 0 Å². The van der Waals surface area contributed by atoms with Crippen molar-refractivity contribution in [1.29, 1.82) is 0 Å². The summed E-state index contributed by atoms with van der Waals surface area (Å²) in [5.74, 6) is 0.839. The minimum Gasteiger partial charge on any atom is -0.392 e. The van der Waals surface area contributed by atoms with E-state index in [0.29, 0.717) is 18.3 Å². The van der Waals surface area contributed by atoms with Crippen molar-refractivity contribution in [3.05, 3.63) is 23.3 Å². The summed E-state index contributed by atoms with van der Waals surface area (Å²) >= 11 is 0. The lowest BCUT2D eigenvalue weighted by atomic mass is 9.38. The highest BCUT2D eigenvalue weighted by Gasteiger charge is 2.70. The Morgan fingerprint density at radius 3 is 2.35 bits per heavy atom. The molecule has 0 aromatic rings. The van der Waals surface area contributed by atoms with Gasteiger partial charge >= 0.3 is 0 Å². The van der Waals surface area contributed by atoms with E-state index in [1.807, 2.05) is 26.0 Å². The third-order valence-electron chi connectivity index (χ3n) is 11.5. The third-order valence-corrected chi connectivity index (χ3v) is 11.5. The molecular formula is C30H48O4. The molecule has 3 saturated carbocycles. The minimum absolute atomic E-state index is 0.0182. The maximum Gasteiger partial charge on any atom is 0.127 e. The van der Waals surface area contributed by atoms with E-state index < -0.39 is 29.1 Å². The molecule has 3 N–H and O–H groups in total. The zero-order valence-electron chi connectivity index (χ0n) is 22.5. The van der Waals surface area contributed by atoms with Gasteiger partial charge in [-0.3, -0.25) is 0 Å². The lowest BCUT2D eigenvalue weighted by Gasteiger charge is -2.66. The summed E-state index contributed by atoms with van der Waals surface area (Å²) in [6.07, 6.45) is 9.84. The van der Waals surface area contributed by atoms with Crippen molar-refractivity contribution in [3.8, 4) is 0 Å². The summed E-state index contributed by atoms with van der Waals surface area (Å²) in [7, 11) is 0. The second kappa shape index (κ2) is 8.56. The van der Waals surface area contributed by atoms with Crippen molar-refractivity contribution < 1.29 is 20.1 Å². The predicted octanol–water partition coefficient (Wildman–Crippen LogP) is 5.46. The smallest absolute Gasteiger partial charge is 0.127 e. The van der Waals surface area contributed by atoms with Gasteiger partial charge in [-0.15, -0.1) is 0 Å². The summed E-state index contributed by atoms with van der Waals surface area (Å²) in [6, 6.07) is 0. The Balaban J connectivity index is 1.72. The maximum absolute atomic E-state index is 13.1. The molecule has 3 fully saturated rings. The second-order valence-corrected chi connectivity index (χ2v) is 13.7. The number of allylic oxidation sites excluding steroid dienone is 1. The summed E-state index contributed by atoms with van der Waals surface area (Å²) in [4.78, 5) is 13.1. The first-order valence-electron chi connectivity index (χ1n) is 13.6. The zero-order chi connectivity index (χ0) is 25.3. The Morgan fingerprint density at radius 1 is 1.06 bits per heavy atom. The van der Waals surface area contributed by atoms with Crippen LogP contribution in [0.3, 0.4) is 0 Å². The lowest BCUT2D eigenvalue weighted by Crippen LogP contribution is -2.64. The quantitative estimate of drug-likeness (QED) is 0.367. The van der Waals surface area contributed by atoms with Crippen LogP contribution in [0.1, 0.15) is 93.4 Å². The van der Waals surface area contributed by atoms with E-state index in [1.165, 1.54) is 6.29 Å². The van der Waals surface area contributed by atoms with Gasteiger partial charge in [-0.25, -0.2) is 0 Å². The maximum atomic E-state index is 13.1. The average Bonchev–Trinajstić information content (AvgIpc) is 3.01. The molecule has 0 spiro atoms. The molecule has 0 heterocycles. The highest BCUT2D eigenvalue weighted by atomic mass is 16.3. The van der Waals surface area contributed by atoms with Crippen molar-refractivity contribution >= 4 is 6.29 Å². The van der Waals surface area contributed by atoms with Gasteiger partial charge in [0.2, 0.25) is 0 Å². The number of carbonyl (C=O) groups is 1. The Labute approximate surface area is 206 Å². The third kappa shape index (κ3) is 3.53. The fourth-order valence-electron chi connectivity index (χ4n) is 9.55. The number of aldehydes is 1. The number of hydrogen-bond acceptors (Lipinski definition) is 4. The van der Waals surface area contributed by atoms with Gasteiger partial charge in [0.15, 0.2) is 0 Å². The van der Waals surface area contributed by atoms with Gasteiger partial charge in [-0.05, 0) is 87.4 Å². The molecule has 4 nitrogen and oxygen atoms in total. The van der Waals surface area contributed by atoms with Gasteiger partial charge in [-0.1, -0.05) is 57.9 Å². The van der Waals surface area contributed by atoms with Gasteiger partial charge in [0.1, 0.15) is 6.29 Å². The highest BCUT2D eigenvalue weighted by molar-refractivity contribution is 5.65. The molecule has 0 radical (unpaired) electrons. The summed E-state index contributed by atoms with van der Waals surface area (Å²) < 4.78 is 0. The number of hydrogen-bond donors (Lipinski definition) is 3. The first-order chi connectivity index (χ1) is 15.7. The second-order valence-electron chi connectivity index (χ2n) is 13.7. The molecule has 0 aromatic heterocycles. The molecule has 4 rings (SSSR count). The highest BCUT2D eigenvalue weighted by Crippen LogP contribution is 2.74. The molecule has 4 heteroatoms. The molecule has 0 bridgehead atoms. The first-order valence-corrected chi connectivity index (χ1v) is 13.6. The summed E-state index contributed by atoms with van der Waals surface area (Å²) in [5.41, 5.74) is 1.14. The van der Waals surface area contributed by atoms with Crippen LogP contribution in [0, 0.1) is 45.3 Å². The first kappa shape index (κ1) is 26.1. The Morgan fingerprint density at radius 2 is 1.74 bits per heavy atom. The molecule has 0 amide bonds. The van der Waals surface area contributed by atoms with E-state index in [1.54, 1.807) is 0 Å². The van der Waals surface area contributed by atoms with Crippen molar-refractivity contribution in [1.82, 2.24) is 0 Å².